The van der Waals surface area contributed by atoms with Crippen LogP contribution in [0.5, 0.6) is 0 Å². The summed E-state index contributed by atoms with van der Waals surface area (Å²) < 4.78 is 2.25. The lowest BCUT2D eigenvalue weighted by Gasteiger charge is -2.33. The molecule has 1 heterocycles. The fourth-order valence-corrected chi connectivity index (χ4v) is 3.46. The van der Waals surface area contributed by atoms with Gasteiger partial charge in [-0.25, -0.2) is 4.98 Å². The molecular weight excluding hydrogens is 268 g/mol. The molecule has 0 saturated heterocycles. The maximum Gasteiger partial charge on any atom is 0.203 e. The highest BCUT2D eigenvalue weighted by Gasteiger charge is 2.28. The molecule has 0 aliphatic heterocycles. The highest BCUT2D eigenvalue weighted by Crippen LogP contribution is 2.33. The lowest BCUT2D eigenvalue weighted by Crippen LogP contribution is -2.31. The van der Waals surface area contributed by atoms with Crippen LogP contribution in [0.2, 0.25) is 5.28 Å². The van der Waals surface area contributed by atoms with Gasteiger partial charge >= 0.3 is 0 Å². The molecule has 116 valence electrons. The molecule has 0 aromatic carbocycles. The van der Waals surface area contributed by atoms with Gasteiger partial charge in [-0.3, -0.25) is 0 Å². The summed E-state index contributed by atoms with van der Waals surface area (Å²) in [5, 5.41) is 0.648. The van der Waals surface area contributed by atoms with E-state index in [-0.39, 0.29) is 5.54 Å². The highest BCUT2D eigenvalue weighted by molar-refractivity contribution is 6.28. The van der Waals surface area contributed by atoms with E-state index < -0.39 is 0 Å². The molecule has 1 aromatic rings. The summed E-state index contributed by atoms with van der Waals surface area (Å²) in [7, 11) is 0. The van der Waals surface area contributed by atoms with Crippen LogP contribution in [-0.2, 0) is 5.54 Å². The first kappa shape index (κ1) is 17.6. The van der Waals surface area contributed by atoms with Crippen molar-refractivity contribution in [3.8, 4) is 0 Å². The van der Waals surface area contributed by atoms with Gasteiger partial charge in [-0.2, -0.15) is 0 Å². The van der Waals surface area contributed by atoms with Gasteiger partial charge in [0.15, 0.2) is 0 Å². The number of aromatic nitrogens is 2. The van der Waals surface area contributed by atoms with Crippen molar-refractivity contribution in [1.29, 1.82) is 0 Å². The van der Waals surface area contributed by atoms with Crippen LogP contribution in [0.3, 0.4) is 0 Å². The Morgan fingerprint density at radius 1 is 1.05 bits per heavy atom. The number of aryl methyl sites for hydroxylation is 1. The maximum absolute atomic E-state index is 6.32. The topological polar surface area (TPSA) is 17.8 Å². The summed E-state index contributed by atoms with van der Waals surface area (Å²) in [6.45, 7) is 8.98. The molecule has 0 aliphatic carbocycles. The summed E-state index contributed by atoms with van der Waals surface area (Å²) in [6, 6.07) is 0. The zero-order valence-electron chi connectivity index (χ0n) is 13.7. The average Bonchev–Trinajstić information content (AvgIpc) is 2.76. The van der Waals surface area contributed by atoms with Crippen LogP contribution in [0.15, 0.2) is 6.20 Å². The zero-order valence-corrected chi connectivity index (χ0v) is 14.5. The number of halogens is 1. The lowest BCUT2D eigenvalue weighted by atomic mass is 9.88. The molecule has 2 nitrogen and oxygen atoms in total. The van der Waals surface area contributed by atoms with Crippen molar-refractivity contribution >= 4 is 11.6 Å². The Morgan fingerprint density at radius 2 is 1.65 bits per heavy atom. The smallest absolute Gasteiger partial charge is 0.203 e. The van der Waals surface area contributed by atoms with Crippen molar-refractivity contribution in [2.45, 2.75) is 91.0 Å². The molecule has 0 spiro atoms. The van der Waals surface area contributed by atoms with Crippen molar-refractivity contribution in [3.63, 3.8) is 0 Å². The van der Waals surface area contributed by atoms with E-state index in [1.165, 1.54) is 63.5 Å². The number of hydrogen-bond donors (Lipinski definition) is 0. The van der Waals surface area contributed by atoms with Gasteiger partial charge in [-0.05, 0) is 38.3 Å². The molecule has 0 aliphatic rings. The van der Waals surface area contributed by atoms with Crippen LogP contribution in [0.25, 0.3) is 0 Å². The van der Waals surface area contributed by atoms with E-state index in [1.807, 2.05) is 6.20 Å². The maximum atomic E-state index is 6.32. The van der Waals surface area contributed by atoms with Crippen LogP contribution in [-0.4, -0.2) is 9.55 Å². The summed E-state index contributed by atoms with van der Waals surface area (Å²) in [4.78, 5) is 4.28. The SMILES string of the molecule is CCCCCCCC(C)(CCCC)n1c(C)cnc1Cl. The standard InChI is InChI=1S/C17H31ClN2/c1-5-7-9-10-11-13-17(4,12-8-6-2)20-15(3)14-19-16(20)18/h14H,5-13H2,1-4H3. The molecule has 0 amide bonds. The van der Waals surface area contributed by atoms with Crippen molar-refractivity contribution in [3.05, 3.63) is 17.2 Å². The molecule has 0 bridgehead atoms. The first-order chi connectivity index (χ1) is 9.55. The van der Waals surface area contributed by atoms with Gasteiger partial charge in [0.05, 0.1) is 0 Å². The van der Waals surface area contributed by atoms with E-state index >= 15 is 0 Å². The Morgan fingerprint density at radius 3 is 2.20 bits per heavy atom. The Hall–Kier alpha value is -0.500. The Balaban J connectivity index is 2.71. The van der Waals surface area contributed by atoms with Crippen molar-refractivity contribution < 1.29 is 0 Å². The molecule has 1 aromatic heterocycles. The molecule has 1 unspecified atom stereocenters. The molecule has 3 heteroatoms. The van der Waals surface area contributed by atoms with E-state index in [2.05, 4.69) is 37.2 Å². The fraction of sp³-hybridized carbons (Fsp3) is 0.824. The van der Waals surface area contributed by atoms with Crippen LogP contribution in [0, 0.1) is 6.92 Å². The number of unbranched alkanes of at least 4 members (excludes halogenated alkanes) is 5. The largest absolute Gasteiger partial charge is 0.313 e. The normalized spacial score (nSPS) is 14.4. The summed E-state index contributed by atoms with van der Waals surface area (Å²) in [5.74, 6) is 0. The van der Waals surface area contributed by atoms with Crippen LogP contribution in [0.1, 0.15) is 84.3 Å². The minimum absolute atomic E-state index is 0.125. The predicted octanol–water partition coefficient (Wildman–Crippen LogP) is 6.11. The van der Waals surface area contributed by atoms with Crippen LogP contribution in [0.4, 0.5) is 0 Å². The first-order valence-corrected chi connectivity index (χ1v) is 8.63. The van der Waals surface area contributed by atoms with Crippen molar-refractivity contribution in [2.75, 3.05) is 0 Å². The van der Waals surface area contributed by atoms with Gasteiger partial charge < -0.3 is 4.57 Å². The van der Waals surface area contributed by atoms with Crippen LogP contribution < -0.4 is 0 Å². The van der Waals surface area contributed by atoms with Gasteiger partial charge in [-0.15, -0.1) is 0 Å². The molecule has 0 radical (unpaired) electrons. The zero-order chi connectivity index (χ0) is 15.0. The Bertz CT molecular complexity index is 367. The van der Waals surface area contributed by atoms with Gasteiger partial charge in [0.1, 0.15) is 0 Å². The number of rotatable bonds is 10. The van der Waals surface area contributed by atoms with Gasteiger partial charge in [0.2, 0.25) is 5.28 Å². The van der Waals surface area contributed by atoms with E-state index in [4.69, 9.17) is 11.6 Å². The second kappa shape index (κ2) is 8.71. The molecule has 20 heavy (non-hydrogen) atoms. The first-order valence-electron chi connectivity index (χ1n) is 8.25. The predicted molar refractivity (Wildman–Crippen MR) is 88.5 cm³/mol. The number of hydrogen-bond acceptors (Lipinski definition) is 1. The molecular formula is C17H31ClN2. The molecule has 1 rings (SSSR count). The second-order valence-electron chi connectivity index (χ2n) is 6.27. The Labute approximate surface area is 129 Å². The third-order valence-corrected chi connectivity index (χ3v) is 4.59. The molecule has 0 N–H and O–H groups in total. The molecule has 1 atom stereocenters. The quantitative estimate of drug-likeness (QED) is 0.476. The van der Waals surface area contributed by atoms with Gasteiger partial charge in [-0.1, -0.05) is 58.8 Å². The number of nitrogens with zero attached hydrogens (tertiary/aromatic N) is 2. The highest BCUT2D eigenvalue weighted by atomic mass is 35.5. The lowest BCUT2D eigenvalue weighted by molar-refractivity contribution is 0.249. The van der Waals surface area contributed by atoms with Gasteiger partial charge in [0, 0.05) is 17.4 Å². The molecule has 0 saturated carbocycles. The van der Waals surface area contributed by atoms with Crippen LogP contribution >= 0.6 is 11.6 Å². The van der Waals surface area contributed by atoms with Crippen molar-refractivity contribution in [2.24, 2.45) is 0 Å². The summed E-state index contributed by atoms with van der Waals surface area (Å²) in [6.07, 6.45) is 13.4. The average molecular weight is 299 g/mol. The minimum Gasteiger partial charge on any atom is -0.313 e. The monoisotopic (exact) mass is 298 g/mol. The summed E-state index contributed by atoms with van der Waals surface area (Å²) >= 11 is 6.32. The van der Waals surface area contributed by atoms with E-state index in [9.17, 15) is 0 Å². The minimum atomic E-state index is 0.125. The molecule has 0 fully saturated rings. The summed E-state index contributed by atoms with van der Waals surface area (Å²) in [5.41, 5.74) is 1.31. The van der Waals surface area contributed by atoms with E-state index in [0.29, 0.717) is 5.28 Å². The van der Waals surface area contributed by atoms with Crippen molar-refractivity contribution in [1.82, 2.24) is 9.55 Å². The number of imidazole rings is 1. The van der Waals surface area contributed by atoms with Gasteiger partial charge in [0.25, 0.3) is 0 Å². The third-order valence-electron chi connectivity index (χ3n) is 4.32. The second-order valence-corrected chi connectivity index (χ2v) is 6.61. The van der Waals surface area contributed by atoms with E-state index in [0.717, 1.165) is 0 Å². The Kier molecular flexibility index (Phi) is 7.65. The van der Waals surface area contributed by atoms with E-state index in [1.54, 1.807) is 0 Å². The fourth-order valence-electron chi connectivity index (χ4n) is 3.07. The third kappa shape index (κ3) is 4.80.